The Morgan fingerprint density at radius 1 is 1.23 bits per heavy atom. The maximum atomic E-state index is 14.6. The average molecular weight is 467 g/mol. The van der Waals surface area contributed by atoms with Crippen LogP contribution in [0.1, 0.15) is 29.3 Å². The number of hydrogen-bond acceptors (Lipinski definition) is 4. The first-order valence-electron chi connectivity index (χ1n) is 9.81. The van der Waals surface area contributed by atoms with Crippen molar-refractivity contribution in [2.75, 3.05) is 13.7 Å². The van der Waals surface area contributed by atoms with Gasteiger partial charge < -0.3 is 18.8 Å². The Morgan fingerprint density at radius 2 is 1.97 bits per heavy atom. The van der Waals surface area contributed by atoms with E-state index in [9.17, 15) is 4.39 Å². The van der Waals surface area contributed by atoms with Crippen LogP contribution in [-0.2, 0) is 20.8 Å². The summed E-state index contributed by atoms with van der Waals surface area (Å²) >= 11 is 6.30. The zero-order chi connectivity index (χ0) is 21.1. The number of halogens is 3. The fourth-order valence-corrected chi connectivity index (χ4v) is 4.27. The largest absolute Gasteiger partial charge is 0.361 e. The Balaban J connectivity index is 0.00000272. The molecular weight excluding hydrogens is 442 g/mol. The van der Waals surface area contributed by atoms with Crippen LogP contribution in [0.4, 0.5) is 4.39 Å². The molecule has 3 unspecified atom stereocenters. The van der Waals surface area contributed by atoms with Crippen molar-refractivity contribution >= 4 is 24.0 Å². The molecule has 166 valence electrons. The molecule has 1 aliphatic heterocycles. The smallest absolute Gasteiger partial charge is 0.181 e. The van der Waals surface area contributed by atoms with Gasteiger partial charge in [0.25, 0.3) is 0 Å². The Bertz CT molecular complexity index is 1020. The van der Waals surface area contributed by atoms with Gasteiger partial charge >= 0.3 is 0 Å². The summed E-state index contributed by atoms with van der Waals surface area (Å²) in [6.45, 7) is 2.40. The number of methoxy groups -OCH3 is 1. The number of benzene rings is 2. The molecule has 1 aliphatic rings. The standard InChI is InChI=1S/C23H24ClFN2O3.ClH/c1-16-26-11-12-27(16)21-10-6-3-7-17(21)14-30-23(28-2)13-22(24)29-15-19(23)18-8-4-5-9-20(18)25;/h3-12,19,22H,13-15H2,1-2H3;1H. The van der Waals surface area contributed by atoms with E-state index in [4.69, 9.17) is 25.8 Å². The highest BCUT2D eigenvalue weighted by atomic mass is 35.5. The number of ether oxygens (including phenoxy) is 3. The van der Waals surface area contributed by atoms with Gasteiger partial charge in [-0.05, 0) is 24.6 Å². The number of aryl methyl sites for hydroxylation is 1. The summed E-state index contributed by atoms with van der Waals surface area (Å²) in [5.74, 6) is -1.02. The Morgan fingerprint density at radius 3 is 2.68 bits per heavy atom. The fraction of sp³-hybridized carbons (Fsp3) is 0.348. The molecule has 0 spiro atoms. The Hall–Kier alpha value is -1.96. The number of para-hydroxylation sites is 1. The fourth-order valence-electron chi connectivity index (χ4n) is 3.98. The molecule has 0 N–H and O–H groups in total. The molecule has 1 saturated heterocycles. The number of imidazole rings is 1. The van der Waals surface area contributed by atoms with Gasteiger partial charge in [-0.3, -0.25) is 0 Å². The van der Waals surface area contributed by atoms with Gasteiger partial charge in [0, 0.05) is 31.5 Å². The normalized spacial score (nSPS) is 23.4. The lowest BCUT2D eigenvalue weighted by Crippen LogP contribution is -2.49. The second kappa shape index (κ2) is 10.1. The van der Waals surface area contributed by atoms with Crippen LogP contribution in [0, 0.1) is 12.7 Å². The minimum absolute atomic E-state index is 0. The zero-order valence-electron chi connectivity index (χ0n) is 17.3. The number of hydrogen-bond donors (Lipinski definition) is 0. The van der Waals surface area contributed by atoms with E-state index >= 15 is 0 Å². The maximum absolute atomic E-state index is 14.6. The second-order valence-electron chi connectivity index (χ2n) is 7.30. The van der Waals surface area contributed by atoms with E-state index < -0.39 is 17.3 Å². The minimum atomic E-state index is -1.12. The van der Waals surface area contributed by atoms with E-state index in [-0.39, 0.29) is 37.9 Å². The van der Waals surface area contributed by atoms with E-state index in [1.807, 2.05) is 42.0 Å². The van der Waals surface area contributed by atoms with Crippen LogP contribution in [-0.4, -0.2) is 34.6 Å². The highest BCUT2D eigenvalue weighted by Gasteiger charge is 2.48. The third kappa shape index (κ3) is 4.78. The maximum Gasteiger partial charge on any atom is 0.181 e. The van der Waals surface area contributed by atoms with Crippen LogP contribution in [0.2, 0.25) is 0 Å². The molecule has 4 rings (SSSR count). The zero-order valence-corrected chi connectivity index (χ0v) is 18.9. The van der Waals surface area contributed by atoms with Crippen molar-refractivity contribution in [1.82, 2.24) is 9.55 Å². The summed E-state index contributed by atoms with van der Waals surface area (Å²) in [5, 5.41) is 0. The SMILES string of the molecule is COC1(OCc2ccccc2-n2ccnc2C)CC(Cl)OCC1c1ccccc1F.Cl. The van der Waals surface area contributed by atoms with Crippen molar-refractivity contribution in [3.63, 3.8) is 0 Å². The summed E-state index contributed by atoms with van der Waals surface area (Å²) in [7, 11) is 1.56. The number of rotatable bonds is 6. The highest BCUT2D eigenvalue weighted by Crippen LogP contribution is 2.43. The molecule has 3 aromatic rings. The lowest BCUT2D eigenvalue weighted by molar-refractivity contribution is -0.279. The van der Waals surface area contributed by atoms with Crippen molar-refractivity contribution in [2.45, 2.75) is 37.2 Å². The molecule has 2 heterocycles. The highest BCUT2D eigenvalue weighted by molar-refractivity contribution is 6.19. The summed E-state index contributed by atoms with van der Waals surface area (Å²) in [4.78, 5) is 4.31. The van der Waals surface area contributed by atoms with Gasteiger partial charge in [-0.25, -0.2) is 9.37 Å². The van der Waals surface area contributed by atoms with Crippen molar-refractivity contribution in [3.8, 4) is 5.69 Å². The van der Waals surface area contributed by atoms with Crippen molar-refractivity contribution in [3.05, 3.63) is 83.7 Å². The molecule has 2 aromatic carbocycles. The summed E-state index contributed by atoms with van der Waals surface area (Å²) < 4.78 is 34.5. The van der Waals surface area contributed by atoms with Crippen LogP contribution in [0.5, 0.6) is 0 Å². The molecule has 5 nitrogen and oxygen atoms in total. The lowest BCUT2D eigenvalue weighted by atomic mass is 9.86. The van der Waals surface area contributed by atoms with E-state index in [0.717, 1.165) is 17.1 Å². The first kappa shape index (κ1) is 23.7. The lowest BCUT2D eigenvalue weighted by Gasteiger charge is -2.44. The number of nitrogens with zero attached hydrogens (tertiary/aromatic N) is 2. The molecule has 0 saturated carbocycles. The van der Waals surface area contributed by atoms with Crippen molar-refractivity contribution in [1.29, 1.82) is 0 Å². The molecule has 31 heavy (non-hydrogen) atoms. The molecule has 0 radical (unpaired) electrons. The van der Waals surface area contributed by atoms with Gasteiger partial charge in [0.2, 0.25) is 0 Å². The van der Waals surface area contributed by atoms with Crippen molar-refractivity contribution < 1.29 is 18.6 Å². The van der Waals surface area contributed by atoms with Crippen molar-refractivity contribution in [2.24, 2.45) is 0 Å². The van der Waals surface area contributed by atoms with Crippen LogP contribution in [0.25, 0.3) is 5.69 Å². The van der Waals surface area contributed by atoms with Gasteiger partial charge in [0.15, 0.2) is 5.79 Å². The molecule has 1 fully saturated rings. The predicted octanol–water partition coefficient (Wildman–Crippen LogP) is 5.37. The quantitative estimate of drug-likeness (QED) is 0.361. The molecule has 1 aromatic heterocycles. The first-order chi connectivity index (χ1) is 14.5. The van der Waals surface area contributed by atoms with Gasteiger partial charge in [0.1, 0.15) is 17.2 Å². The molecule has 0 aliphatic carbocycles. The van der Waals surface area contributed by atoms with E-state index in [1.165, 1.54) is 6.07 Å². The van der Waals surface area contributed by atoms with Gasteiger partial charge in [0.05, 0.1) is 24.8 Å². The molecule has 3 atom stereocenters. The Kier molecular flexibility index (Phi) is 7.73. The number of aromatic nitrogens is 2. The predicted molar refractivity (Wildman–Crippen MR) is 119 cm³/mol. The van der Waals surface area contributed by atoms with Gasteiger partial charge in [-0.15, -0.1) is 12.4 Å². The van der Waals surface area contributed by atoms with Crippen LogP contribution in [0.3, 0.4) is 0 Å². The minimum Gasteiger partial charge on any atom is -0.361 e. The van der Waals surface area contributed by atoms with E-state index in [2.05, 4.69) is 4.98 Å². The molecule has 0 bridgehead atoms. The van der Waals surface area contributed by atoms with Gasteiger partial charge in [-0.2, -0.15) is 0 Å². The second-order valence-corrected chi connectivity index (χ2v) is 7.79. The van der Waals surface area contributed by atoms with Crippen LogP contribution in [0.15, 0.2) is 60.9 Å². The van der Waals surface area contributed by atoms with Crippen LogP contribution >= 0.6 is 24.0 Å². The Labute approximate surface area is 192 Å². The van der Waals surface area contributed by atoms with E-state index in [1.54, 1.807) is 31.5 Å². The first-order valence-corrected chi connectivity index (χ1v) is 10.2. The van der Waals surface area contributed by atoms with Gasteiger partial charge in [-0.1, -0.05) is 48.0 Å². The molecule has 0 amide bonds. The average Bonchev–Trinajstić information content (AvgIpc) is 3.19. The summed E-state index contributed by atoms with van der Waals surface area (Å²) in [5.41, 5.74) is 1.83. The summed E-state index contributed by atoms with van der Waals surface area (Å²) in [6, 6.07) is 14.5. The summed E-state index contributed by atoms with van der Waals surface area (Å²) in [6.07, 6.45) is 3.94. The van der Waals surface area contributed by atoms with Crippen LogP contribution < -0.4 is 0 Å². The molecular formula is C23H25Cl2FN2O3. The third-order valence-electron chi connectivity index (χ3n) is 5.59. The van der Waals surface area contributed by atoms with E-state index in [0.29, 0.717) is 5.56 Å². The topological polar surface area (TPSA) is 45.5 Å². The molecule has 8 heteroatoms. The monoisotopic (exact) mass is 466 g/mol. The number of alkyl halides is 1. The third-order valence-corrected chi connectivity index (χ3v) is 5.87.